The minimum atomic E-state index is -0.887. The summed E-state index contributed by atoms with van der Waals surface area (Å²) in [5.41, 5.74) is 1.27. The number of likely N-dealkylation sites (tertiary alicyclic amines) is 1. The van der Waals surface area contributed by atoms with Gasteiger partial charge in [0.2, 0.25) is 11.8 Å². The fourth-order valence-electron chi connectivity index (χ4n) is 6.78. The van der Waals surface area contributed by atoms with E-state index in [-0.39, 0.29) is 42.5 Å². The van der Waals surface area contributed by atoms with Crippen LogP contribution in [0.3, 0.4) is 0 Å². The SMILES string of the molecule is CCOC(=O)[C@]12CCCC=C1N(CCC1=CCCCC1)C(=O)[C@H](CC(=O)N1CCN(C(=O)c3ccco3)CC1)C2. The lowest BCUT2D eigenvalue weighted by Crippen LogP contribution is -2.55. The third-order valence-electron chi connectivity index (χ3n) is 8.92. The van der Waals surface area contributed by atoms with E-state index >= 15 is 0 Å². The highest BCUT2D eigenvalue weighted by molar-refractivity contribution is 5.93. The summed E-state index contributed by atoms with van der Waals surface area (Å²) in [5.74, 6) is -0.938. The quantitative estimate of drug-likeness (QED) is 0.353. The van der Waals surface area contributed by atoms with Gasteiger partial charge in [-0.1, -0.05) is 17.7 Å². The van der Waals surface area contributed by atoms with Gasteiger partial charge in [0.1, 0.15) is 5.41 Å². The largest absolute Gasteiger partial charge is 0.465 e. The van der Waals surface area contributed by atoms with Gasteiger partial charge < -0.3 is 23.9 Å². The van der Waals surface area contributed by atoms with E-state index < -0.39 is 11.3 Å². The Bertz CT molecular complexity index is 1160. The maximum absolute atomic E-state index is 13.9. The highest BCUT2D eigenvalue weighted by Crippen LogP contribution is 2.50. The minimum absolute atomic E-state index is 0.0542. The van der Waals surface area contributed by atoms with E-state index in [1.54, 1.807) is 28.9 Å². The number of rotatable bonds is 8. The van der Waals surface area contributed by atoms with E-state index in [1.807, 2.05) is 4.90 Å². The number of carbonyl (C=O) groups is 4. The van der Waals surface area contributed by atoms with Crippen LogP contribution in [0.5, 0.6) is 0 Å². The van der Waals surface area contributed by atoms with E-state index in [4.69, 9.17) is 9.15 Å². The predicted molar refractivity (Wildman–Crippen MR) is 148 cm³/mol. The summed E-state index contributed by atoms with van der Waals surface area (Å²) in [6.45, 7) is 4.22. The predicted octanol–water partition coefficient (Wildman–Crippen LogP) is 4.31. The molecular formula is C31H41N3O6. The Morgan fingerprint density at radius 1 is 1.05 bits per heavy atom. The number of carbonyl (C=O) groups excluding carboxylic acids is 4. The standard InChI is InChI=1S/C31H41N3O6/c1-2-39-30(38)31-14-7-6-12-26(31)34(15-13-23-9-4-3-5-10-23)28(36)24(22-31)21-27(35)32-16-18-33(19-17-32)29(37)25-11-8-20-40-25/h8-9,11-12,20,24H,2-7,10,13-19,21-22H2,1H3/t24-,31+/m1/s1. The van der Waals surface area contributed by atoms with Gasteiger partial charge in [-0.3, -0.25) is 19.2 Å². The fourth-order valence-corrected chi connectivity index (χ4v) is 6.78. The van der Waals surface area contributed by atoms with E-state index in [1.165, 1.54) is 24.7 Å². The molecular weight excluding hydrogens is 510 g/mol. The number of hydrogen-bond acceptors (Lipinski definition) is 6. The van der Waals surface area contributed by atoms with Crippen molar-refractivity contribution in [3.8, 4) is 0 Å². The number of piperazine rings is 1. The number of hydrogen-bond donors (Lipinski definition) is 0. The molecule has 0 unspecified atom stereocenters. The number of ether oxygens (including phenoxy) is 1. The molecule has 0 radical (unpaired) electrons. The number of fused-ring (bicyclic) bond motifs is 1. The maximum Gasteiger partial charge on any atom is 0.318 e. The van der Waals surface area contributed by atoms with E-state index in [9.17, 15) is 19.2 Å². The van der Waals surface area contributed by atoms with Crippen LogP contribution in [0.25, 0.3) is 0 Å². The number of esters is 1. The number of piperidine rings is 1. The van der Waals surface area contributed by atoms with Crippen molar-refractivity contribution in [2.24, 2.45) is 11.3 Å². The molecule has 0 bridgehead atoms. The molecule has 4 aliphatic rings. The zero-order valence-corrected chi connectivity index (χ0v) is 23.6. The van der Waals surface area contributed by atoms with Gasteiger partial charge in [0.25, 0.3) is 5.91 Å². The van der Waals surface area contributed by atoms with Crippen molar-refractivity contribution < 1.29 is 28.3 Å². The number of amides is 3. The van der Waals surface area contributed by atoms with Gasteiger partial charge in [-0.05, 0) is 76.8 Å². The Labute approximate surface area is 236 Å². The summed E-state index contributed by atoms with van der Waals surface area (Å²) in [5, 5.41) is 0. The first-order valence-electron chi connectivity index (χ1n) is 14.9. The molecule has 2 fully saturated rings. The Balaban J connectivity index is 1.30. The van der Waals surface area contributed by atoms with Crippen molar-refractivity contribution in [2.45, 2.75) is 71.1 Å². The average molecular weight is 552 g/mol. The molecule has 9 nitrogen and oxygen atoms in total. The molecule has 0 N–H and O–H groups in total. The molecule has 0 saturated carbocycles. The first kappa shape index (κ1) is 28.2. The first-order chi connectivity index (χ1) is 19.4. The summed E-state index contributed by atoms with van der Waals surface area (Å²) in [7, 11) is 0. The third kappa shape index (κ3) is 5.74. The van der Waals surface area contributed by atoms with Crippen LogP contribution in [-0.2, 0) is 19.1 Å². The van der Waals surface area contributed by atoms with Crippen molar-refractivity contribution in [1.29, 1.82) is 0 Å². The topological polar surface area (TPSA) is 100 Å². The van der Waals surface area contributed by atoms with E-state index in [0.29, 0.717) is 45.6 Å². The molecule has 40 heavy (non-hydrogen) atoms. The molecule has 3 amide bonds. The molecule has 5 rings (SSSR count). The molecule has 1 aromatic heterocycles. The van der Waals surface area contributed by atoms with Gasteiger partial charge in [-0.25, -0.2) is 0 Å². The van der Waals surface area contributed by atoms with Crippen LogP contribution in [0.1, 0.15) is 81.7 Å². The molecule has 9 heteroatoms. The summed E-state index contributed by atoms with van der Waals surface area (Å²) in [4.78, 5) is 58.8. The molecule has 0 aromatic carbocycles. The molecule has 2 aliphatic carbocycles. The van der Waals surface area contributed by atoms with Crippen molar-refractivity contribution in [3.05, 3.63) is 47.6 Å². The van der Waals surface area contributed by atoms with Crippen molar-refractivity contribution in [1.82, 2.24) is 14.7 Å². The molecule has 2 atom stereocenters. The van der Waals surface area contributed by atoms with E-state index in [2.05, 4.69) is 12.2 Å². The van der Waals surface area contributed by atoms with E-state index in [0.717, 1.165) is 37.8 Å². The van der Waals surface area contributed by atoms with Gasteiger partial charge in [0, 0.05) is 50.8 Å². The summed E-state index contributed by atoms with van der Waals surface area (Å²) in [6, 6.07) is 3.32. The van der Waals surface area contributed by atoms with Gasteiger partial charge in [-0.15, -0.1) is 0 Å². The molecule has 0 spiro atoms. The minimum Gasteiger partial charge on any atom is -0.465 e. The van der Waals surface area contributed by atoms with Crippen LogP contribution >= 0.6 is 0 Å². The Kier molecular flexibility index (Phi) is 8.76. The monoisotopic (exact) mass is 551 g/mol. The van der Waals surface area contributed by atoms with Crippen molar-refractivity contribution in [2.75, 3.05) is 39.3 Å². The van der Waals surface area contributed by atoms with Crippen LogP contribution in [-0.4, -0.2) is 77.7 Å². The van der Waals surface area contributed by atoms with Gasteiger partial charge in [0.15, 0.2) is 5.76 Å². The maximum atomic E-state index is 13.9. The molecule has 216 valence electrons. The Morgan fingerprint density at radius 3 is 2.52 bits per heavy atom. The zero-order chi connectivity index (χ0) is 28.1. The Morgan fingerprint density at radius 2 is 1.82 bits per heavy atom. The lowest BCUT2D eigenvalue weighted by molar-refractivity contribution is -0.162. The summed E-state index contributed by atoms with van der Waals surface area (Å²) < 4.78 is 10.8. The van der Waals surface area contributed by atoms with Gasteiger partial charge >= 0.3 is 5.97 Å². The molecule has 3 heterocycles. The molecule has 2 aliphatic heterocycles. The van der Waals surface area contributed by atoms with Crippen molar-refractivity contribution in [3.63, 3.8) is 0 Å². The lowest BCUT2D eigenvalue weighted by atomic mass is 9.66. The average Bonchev–Trinajstić information content (AvgIpc) is 3.53. The number of furan rings is 1. The van der Waals surface area contributed by atoms with Crippen LogP contribution in [0.15, 0.2) is 46.2 Å². The van der Waals surface area contributed by atoms with Crippen LogP contribution in [0.4, 0.5) is 0 Å². The second-order valence-corrected chi connectivity index (χ2v) is 11.4. The third-order valence-corrected chi connectivity index (χ3v) is 8.92. The van der Waals surface area contributed by atoms with Crippen molar-refractivity contribution >= 4 is 23.7 Å². The second kappa shape index (κ2) is 12.4. The Hall–Kier alpha value is -3.36. The lowest BCUT2D eigenvalue weighted by Gasteiger charge is -2.48. The van der Waals surface area contributed by atoms with Gasteiger partial charge in [-0.2, -0.15) is 0 Å². The fraction of sp³-hybridized carbons (Fsp3) is 0.613. The van der Waals surface area contributed by atoms with Gasteiger partial charge in [0.05, 0.1) is 12.9 Å². The molecule has 2 saturated heterocycles. The molecule has 1 aromatic rings. The number of allylic oxidation sites excluding steroid dienone is 2. The normalized spacial score (nSPS) is 25.2. The summed E-state index contributed by atoms with van der Waals surface area (Å²) >= 11 is 0. The smallest absolute Gasteiger partial charge is 0.318 e. The highest BCUT2D eigenvalue weighted by Gasteiger charge is 2.54. The highest BCUT2D eigenvalue weighted by atomic mass is 16.5. The zero-order valence-electron chi connectivity index (χ0n) is 23.6. The second-order valence-electron chi connectivity index (χ2n) is 11.4. The first-order valence-corrected chi connectivity index (χ1v) is 14.9. The van der Waals surface area contributed by atoms with Crippen LogP contribution < -0.4 is 0 Å². The van der Waals surface area contributed by atoms with Crippen LogP contribution in [0.2, 0.25) is 0 Å². The number of nitrogens with zero attached hydrogens (tertiary/aromatic N) is 3. The van der Waals surface area contributed by atoms with Crippen LogP contribution in [0, 0.1) is 11.3 Å². The summed E-state index contributed by atoms with van der Waals surface area (Å²) in [6.07, 6.45) is 13.8.